The van der Waals surface area contributed by atoms with Gasteiger partial charge in [-0.3, -0.25) is 9.59 Å². The number of carbonyl (C=O) groups excluding carboxylic acids is 2. The minimum Gasteiger partial charge on any atom is -0.324 e. The number of thioether (sulfide) groups is 1. The lowest BCUT2D eigenvalue weighted by Crippen LogP contribution is -2.23. The van der Waals surface area contributed by atoms with E-state index >= 15 is 0 Å². The Morgan fingerprint density at radius 3 is 2.60 bits per heavy atom. The molecule has 1 aromatic heterocycles. The lowest BCUT2D eigenvalue weighted by molar-refractivity contribution is -0.115. The first-order valence-electron chi connectivity index (χ1n) is 7.79. The van der Waals surface area contributed by atoms with Crippen molar-refractivity contribution in [3.63, 3.8) is 0 Å². The Kier molecular flexibility index (Phi) is 5.94. The van der Waals surface area contributed by atoms with Crippen molar-refractivity contribution >= 4 is 29.1 Å². The van der Waals surface area contributed by atoms with Crippen molar-refractivity contribution in [3.05, 3.63) is 52.7 Å². The molecule has 1 heterocycles. The molecular weight excluding hydrogens is 334 g/mol. The zero-order valence-corrected chi connectivity index (χ0v) is 15.4. The molecule has 5 nitrogen and oxygen atoms in total. The first kappa shape index (κ1) is 18.7. The molecule has 2 rings (SSSR count). The van der Waals surface area contributed by atoms with Crippen LogP contribution in [0.1, 0.15) is 41.0 Å². The number of rotatable bonds is 5. The van der Waals surface area contributed by atoms with Crippen molar-refractivity contribution in [2.24, 2.45) is 0 Å². The second-order valence-corrected chi connectivity index (χ2v) is 7.05. The lowest BCUT2D eigenvalue weighted by Gasteiger charge is -2.15. The first-order chi connectivity index (χ1) is 11.8. The Hall–Kier alpha value is -2.65. The maximum atomic E-state index is 12.5. The maximum absolute atomic E-state index is 12.5. The van der Waals surface area contributed by atoms with Gasteiger partial charge >= 0.3 is 0 Å². The van der Waals surface area contributed by atoms with Gasteiger partial charge in [0.2, 0.25) is 5.91 Å². The number of amides is 1. The highest BCUT2D eigenvalue weighted by Gasteiger charge is 2.20. The molecule has 1 aromatic carbocycles. The molecule has 128 valence electrons. The molecule has 0 aliphatic carbocycles. The third-order valence-electron chi connectivity index (χ3n) is 3.65. The van der Waals surface area contributed by atoms with Crippen LogP contribution in [0.4, 0.5) is 5.69 Å². The molecule has 0 radical (unpaired) electrons. The van der Waals surface area contributed by atoms with Crippen LogP contribution in [0.25, 0.3) is 0 Å². The summed E-state index contributed by atoms with van der Waals surface area (Å²) in [6.07, 6.45) is 0. The minimum absolute atomic E-state index is 0.112. The topological polar surface area (TPSA) is 82.8 Å². The number of Topliss-reactive ketones (excluding diaryl/α,β-unsaturated/α-hetero) is 1. The molecule has 2 aromatic rings. The van der Waals surface area contributed by atoms with E-state index in [9.17, 15) is 14.9 Å². The van der Waals surface area contributed by atoms with Crippen molar-refractivity contribution < 1.29 is 9.59 Å². The second-order valence-electron chi connectivity index (χ2n) is 5.72. The highest BCUT2D eigenvalue weighted by molar-refractivity contribution is 8.00. The van der Waals surface area contributed by atoms with E-state index in [2.05, 4.69) is 16.4 Å². The van der Waals surface area contributed by atoms with E-state index in [1.807, 2.05) is 19.9 Å². The van der Waals surface area contributed by atoms with Crippen LogP contribution in [0.2, 0.25) is 0 Å². The van der Waals surface area contributed by atoms with Crippen LogP contribution in [0.15, 0.2) is 35.4 Å². The van der Waals surface area contributed by atoms with Crippen LogP contribution in [-0.4, -0.2) is 21.9 Å². The van der Waals surface area contributed by atoms with Crippen LogP contribution >= 0.6 is 11.8 Å². The highest BCUT2D eigenvalue weighted by Crippen LogP contribution is 2.28. The highest BCUT2D eigenvalue weighted by atomic mass is 32.2. The molecule has 0 saturated heterocycles. The summed E-state index contributed by atoms with van der Waals surface area (Å²) in [6, 6.07) is 10.9. The molecular formula is C19H19N3O2S. The van der Waals surface area contributed by atoms with Gasteiger partial charge in [-0.05, 0) is 51.5 Å². The van der Waals surface area contributed by atoms with Crippen molar-refractivity contribution in [3.8, 4) is 6.07 Å². The SMILES string of the molecule is CC(=O)c1ccccc1NC(=O)C(C)Sc1nc(C)cc(C)c1C#N. The molecule has 0 spiro atoms. The number of nitrogens with one attached hydrogen (secondary N) is 1. The van der Waals surface area contributed by atoms with E-state index in [1.54, 1.807) is 31.2 Å². The molecule has 0 saturated carbocycles. The fourth-order valence-electron chi connectivity index (χ4n) is 2.38. The number of hydrogen-bond donors (Lipinski definition) is 1. The van der Waals surface area contributed by atoms with Gasteiger partial charge in [-0.2, -0.15) is 5.26 Å². The number of carbonyl (C=O) groups is 2. The van der Waals surface area contributed by atoms with Crippen molar-refractivity contribution in [1.29, 1.82) is 5.26 Å². The van der Waals surface area contributed by atoms with E-state index in [4.69, 9.17) is 0 Å². The van der Waals surface area contributed by atoms with Gasteiger partial charge < -0.3 is 5.32 Å². The molecule has 0 bridgehead atoms. The maximum Gasteiger partial charge on any atom is 0.237 e. The Balaban J connectivity index is 2.20. The van der Waals surface area contributed by atoms with Crippen LogP contribution in [0, 0.1) is 25.2 Å². The molecule has 0 aliphatic rings. The molecule has 1 N–H and O–H groups in total. The summed E-state index contributed by atoms with van der Waals surface area (Å²) in [7, 11) is 0. The number of nitrogens with zero attached hydrogens (tertiary/aromatic N) is 2. The average molecular weight is 353 g/mol. The van der Waals surface area contributed by atoms with Crippen molar-refractivity contribution in [2.45, 2.75) is 38.0 Å². The van der Waals surface area contributed by atoms with Crippen molar-refractivity contribution in [1.82, 2.24) is 4.98 Å². The number of nitriles is 1. The number of para-hydroxylation sites is 1. The van der Waals surface area contributed by atoms with Gasteiger partial charge in [-0.1, -0.05) is 23.9 Å². The van der Waals surface area contributed by atoms with Gasteiger partial charge in [0.1, 0.15) is 11.1 Å². The standard InChI is InChI=1S/C19H19N3O2S/c1-11-9-12(2)21-19(16(11)10-20)25-14(4)18(24)22-17-8-6-5-7-15(17)13(3)23/h5-9,14H,1-4H3,(H,22,24). The molecule has 1 unspecified atom stereocenters. The smallest absolute Gasteiger partial charge is 0.237 e. The fourth-order valence-corrected chi connectivity index (χ4v) is 3.40. The first-order valence-corrected chi connectivity index (χ1v) is 8.67. The summed E-state index contributed by atoms with van der Waals surface area (Å²) in [5, 5.41) is 12.2. The summed E-state index contributed by atoms with van der Waals surface area (Å²) >= 11 is 1.23. The normalized spacial score (nSPS) is 11.5. The number of aromatic nitrogens is 1. The predicted octanol–water partition coefficient (Wildman–Crippen LogP) is 3.89. The molecule has 0 aliphatic heterocycles. The Labute approximate surface area is 151 Å². The molecule has 1 amide bonds. The summed E-state index contributed by atoms with van der Waals surface area (Å²) in [5.74, 6) is -0.359. The van der Waals surface area contributed by atoms with Gasteiger partial charge in [0.15, 0.2) is 5.78 Å². The summed E-state index contributed by atoms with van der Waals surface area (Å²) in [6.45, 7) is 6.91. The molecule has 25 heavy (non-hydrogen) atoms. The predicted molar refractivity (Wildman–Crippen MR) is 98.8 cm³/mol. The number of benzene rings is 1. The summed E-state index contributed by atoms with van der Waals surface area (Å²) in [5.41, 5.74) is 3.08. The van der Waals surface area contributed by atoms with E-state index < -0.39 is 5.25 Å². The van der Waals surface area contributed by atoms with Gasteiger partial charge in [0.25, 0.3) is 0 Å². The van der Waals surface area contributed by atoms with E-state index in [0.29, 0.717) is 21.8 Å². The van der Waals surface area contributed by atoms with Crippen LogP contribution in [-0.2, 0) is 4.79 Å². The zero-order valence-electron chi connectivity index (χ0n) is 14.6. The summed E-state index contributed by atoms with van der Waals surface area (Å²) in [4.78, 5) is 28.6. The third kappa shape index (κ3) is 4.46. The number of anilines is 1. The van der Waals surface area contributed by atoms with Gasteiger partial charge in [0.05, 0.1) is 16.5 Å². The quantitative estimate of drug-likeness (QED) is 0.651. The average Bonchev–Trinajstić information content (AvgIpc) is 2.54. The van der Waals surface area contributed by atoms with E-state index in [1.165, 1.54) is 18.7 Å². The molecule has 6 heteroatoms. The van der Waals surface area contributed by atoms with Crippen molar-refractivity contribution in [2.75, 3.05) is 5.32 Å². The summed E-state index contributed by atoms with van der Waals surface area (Å²) < 4.78 is 0. The van der Waals surface area contributed by atoms with Gasteiger partial charge in [0, 0.05) is 11.3 Å². The second kappa shape index (κ2) is 7.95. The number of ketones is 1. The van der Waals surface area contributed by atoms with E-state index in [0.717, 1.165) is 11.3 Å². The number of pyridine rings is 1. The van der Waals surface area contributed by atoms with Gasteiger partial charge in [-0.15, -0.1) is 0 Å². The monoisotopic (exact) mass is 353 g/mol. The Morgan fingerprint density at radius 2 is 1.96 bits per heavy atom. The van der Waals surface area contributed by atoms with Crippen LogP contribution < -0.4 is 5.32 Å². The minimum atomic E-state index is -0.471. The van der Waals surface area contributed by atoms with Crippen LogP contribution in [0.3, 0.4) is 0 Å². The van der Waals surface area contributed by atoms with Crippen LogP contribution in [0.5, 0.6) is 0 Å². The lowest BCUT2D eigenvalue weighted by atomic mass is 10.1. The number of hydrogen-bond acceptors (Lipinski definition) is 5. The molecule has 1 atom stereocenters. The Bertz CT molecular complexity index is 871. The zero-order chi connectivity index (χ0) is 18.6. The largest absolute Gasteiger partial charge is 0.324 e. The molecule has 0 fully saturated rings. The fraction of sp³-hybridized carbons (Fsp3) is 0.263. The van der Waals surface area contributed by atoms with E-state index in [-0.39, 0.29) is 11.7 Å². The third-order valence-corrected chi connectivity index (χ3v) is 4.73. The Morgan fingerprint density at radius 1 is 1.28 bits per heavy atom. The number of aryl methyl sites for hydroxylation is 2. The van der Waals surface area contributed by atoms with Gasteiger partial charge in [-0.25, -0.2) is 4.98 Å².